The number of thiocarbonyl (C=S) groups is 1. The van der Waals surface area contributed by atoms with Gasteiger partial charge in [0, 0.05) is 12.1 Å². The van der Waals surface area contributed by atoms with E-state index in [4.69, 9.17) is 24.8 Å². The van der Waals surface area contributed by atoms with Gasteiger partial charge in [-0.1, -0.05) is 4.32 Å². The monoisotopic (exact) mass is 211 g/mol. The molecule has 0 bridgehead atoms. The predicted octanol–water partition coefficient (Wildman–Crippen LogP) is -0.915. The topological polar surface area (TPSA) is 3.24 Å². The molecule has 1 saturated heterocycles. The average Bonchev–Trinajstić information content (AvgIpc) is 1.85. The fourth-order valence-electron chi connectivity index (χ4n) is 1.78. The van der Waals surface area contributed by atoms with Crippen LogP contribution < -0.4 is 29.6 Å². The van der Waals surface area contributed by atoms with Gasteiger partial charge >= 0.3 is 29.6 Å². The summed E-state index contributed by atoms with van der Waals surface area (Å²) in [7, 11) is 0. The second-order valence-electron chi connectivity index (χ2n) is 3.30. The van der Waals surface area contributed by atoms with Gasteiger partial charge in [0.2, 0.25) is 0 Å². The van der Waals surface area contributed by atoms with Crippen LogP contribution in [0, 0.1) is 0 Å². The fraction of sp³-hybridized carbons (Fsp3) is 0.875. The van der Waals surface area contributed by atoms with E-state index in [0.717, 1.165) is 0 Å². The molecule has 1 heterocycles. The summed E-state index contributed by atoms with van der Waals surface area (Å²) in [5.74, 6) is 0. The Bertz CT molecular complexity index is 153. The molecular formula is C8H14NNaS2. The van der Waals surface area contributed by atoms with Crippen LogP contribution in [0.5, 0.6) is 0 Å². The molecule has 0 spiro atoms. The minimum Gasteiger partial charge on any atom is -0.411 e. The summed E-state index contributed by atoms with van der Waals surface area (Å²) in [5, 5.41) is 0. The molecule has 1 fully saturated rings. The van der Waals surface area contributed by atoms with E-state index >= 15 is 0 Å². The molecule has 1 aliphatic heterocycles. The largest absolute Gasteiger partial charge is 1.00 e. The van der Waals surface area contributed by atoms with Crippen LogP contribution >= 0.6 is 12.2 Å². The Kier molecular flexibility index (Phi) is 6.29. The van der Waals surface area contributed by atoms with Crippen LogP contribution in [0.25, 0.3) is 0 Å². The normalized spacial score (nSPS) is 29.3. The first-order chi connectivity index (χ1) is 5.13. The van der Waals surface area contributed by atoms with Crippen molar-refractivity contribution < 1.29 is 29.6 Å². The second kappa shape index (κ2) is 5.76. The van der Waals surface area contributed by atoms with Gasteiger partial charge in [-0.2, -0.15) is 0 Å². The molecule has 0 N–H and O–H groups in total. The molecule has 64 valence electrons. The number of likely N-dealkylation sites (tertiary alicyclic amines) is 1. The maximum atomic E-state index is 5.01. The Hall–Kier alpha value is 1.11. The van der Waals surface area contributed by atoms with Crippen LogP contribution in [0.4, 0.5) is 0 Å². The van der Waals surface area contributed by atoms with Gasteiger partial charge < -0.3 is 29.7 Å². The summed E-state index contributed by atoms with van der Waals surface area (Å²) in [6, 6.07) is 1.12. The maximum absolute atomic E-state index is 5.01. The molecule has 0 unspecified atom stereocenters. The zero-order valence-corrected chi connectivity index (χ0v) is 11.7. The summed E-state index contributed by atoms with van der Waals surface area (Å²) >= 11 is 10.0. The quantitative estimate of drug-likeness (QED) is 0.290. The number of rotatable bonds is 0. The van der Waals surface area contributed by atoms with Gasteiger partial charge in [-0.3, -0.25) is 0 Å². The van der Waals surface area contributed by atoms with Crippen molar-refractivity contribution >= 4 is 29.2 Å². The van der Waals surface area contributed by atoms with Gasteiger partial charge in [0.25, 0.3) is 0 Å². The smallest absolute Gasteiger partial charge is 0.411 e. The number of piperidine rings is 1. The molecule has 12 heavy (non-hydrogen) atoms. The van der Waals surface area contributed by atoms with Crippen molar-refractivity contribution in [1.82, 2.24) is 4.90 Å². The van der Waals surface area contributed by atoms with Crippen molar-refractivity contribution in [1.29, 1.82) is 0 Å². The van der Waals surface area contributed by atoms with E-state index < -0.39 is 0 Å². The van der Waals surface area contributed by atoms with E-state index in [-0.39, 0.29) is 29.6 Å². The third-order valence-electron chi connectivity index (χ3n) is 2.40. The molecule has 1 aliphatic rings. The van der Waals surface area contributed by atoms with Gasteiger partial charge in [-0.05, 0) is 33.1 Å². The molecular weight excluding hydrogens is 197 g/mol. The first-order valence-electron chi connectivity index (χ1n) is 4.12. The first kappa shape index (κ1) is 13.1. The third-order valence-corrected chi connectivity index (χ3v) is 2.83. The van der Waals surface area contributed by atoms with Crippen molar-refractivity contribution in [3.8, 4) is 0 Å². The van der Waals surface area contributed by atoms with Crippen LogP contribution in [0.15, 0.2) is 0 Å². The van der Waals surface area contributed by atoms with E-state index in [9.17, 15) is 0 Å². The molecule has 0 aromatic carbocycles. The predicted molar refractivity (Wildman–Crippen MR) is 54.6 cm³/mol. The average molecular weight is 211 g/mol. The Morgan fingerprint density at radius 3 is 2.00 bits per heavy atom. The number of hydrogen-bond donors (Lipinski definition) is 0. The molecule has 0 radical (unpaired) electrons. The van der Waals surface area contributed by atoms with Gasteiger partial charge in [0.1, 0.15) is 0 Å². The van der Waals surface area contributed by atoms with Gasteiger partial charge in [0.15, 0.2) is 0 Å². The zero-order chi connectivity index (χ0) is 8.43. The standard InChI is InChI=1S/C8H15NS2.Na/c1-6-4-3-5-7(2)9(6)8(10)11;/h6-7H,3-5H2,1-2H3,(H,10,11);/q;+1/p-1/t6-,7-;/m1./s1. The van der Waals surface area contributed by atoms with Crippen molar-refractivity contribution in [2.24, 2.45) is 0 Å². The number of nitrogens with zero attached hydrogens (tertiary/aromatic N) is 1. The second-order valence-corrected chi connectivity index (χ2v) is 4.33. The Balaban J connectivity index is 0.00000121. The minimum atomic E-state index is 0. The van der Waals surface area contributed by atoms with Crippen LogP contribution in [-0.4, -0.2) is 21.3 Å². The third kappa shape index (κ3) is 3.11. The Labute approximate surface area is 108 Å². The van der Waals surface area contributed by atoms with E-state index in [1.165, 1.54) is 19.3 Å². The SMILES string of the molecule is C[C@@H]1CCC[C@@H](C)N1C(=S)[S-].[Na+]. The molecule has 0 aromatic heterocycles. The van der Waals surface area contributed by atoms with Crippen LogP contribution in [0.1, 0.15) is 33.1 Å². The van der Waals surface area contributed by atoms with Crippen molar-refractivity contribution in [2.45, 2.75) is 45.2 Å². The van der Waals surface area contributed by atoms with Gasteiger partial charge in [-0.25, -0.2) is 0 Å². The van der Waals surface area contributed by atoms with Crippen LogP contribution in [-0.2, 0) is 12.6 Å². The Morgan fingerprint density at radius 1 is 1.33 bits per heavy atom. The van der Waals surface area contributed by atoms with E-state index in [1.54, 1.807) is 0 Å². The molecule has 1 nitrogen and oxygen atoms in total. The van der Waals surface area contributed by atoms with E-state index in [0.29, 0.717) is 16.4 Å². The number of hydrogen-bond acceptors (Lipinski definition) is 2. The van der Waals surface area contributed by atoms with Crippen molar-refractivity contribution in [2.75, 3.05) is 0 Å². The summed E-state index contributed by atoms with van der Waals surface area (Å²) < 4.78 is 0.643. The molecule has 0 saturated carbocycles. The zero-order valence-electron chi connectivity index (χ0n) is 8.04. The molecule has 1 rings (SSSR count). The summed E-state index contributed by atoms with van der Waals surface area (Å²) in [6.07, 6.45) is 3.79. The minimum absolute atomic E-state index is 0. The summed E-state index contributed by atoms with van der Waals surface area (Å²) in [5.41, 5.74) is 0. The summed E-state index contributed by atoms with van der Waals surface area (Å²) in [4.78, 5) is 2.19. The van der Waals surface area contributed by atoms with Gasteiger partial charge in [0.05, 0.1) is 0 Å². The molecule has 2 atom stereocenters. The molecule has 0 aliphatic carbocycles. The van der Waals surface area contributed by atoms with Crippen LogP contribution in [0.2, 0.25) is 0 Å². The van der Waals surface area contributed by atoms with E-state index in [1.807, 2.05) is 0 Å². The maximum Gasteiger partial charge on any atom is 1.00 e. The van der Waals surface area contributed by atoms with E-state index in [2.05, 4.69) is 18.7 Å². The molecule has 4 heteroatoms. The van der Waals surface area contributed by atoms with Crippen molar-refractivity contribution in [3.63, 3.8) is 0 Å². The fourth-order valence-corrected chi connectivity index (χ4v) is 2.50. The summed E-state index contributed by atoms with van der Waals surface area (Å²) in [6.45, 7) is 4.41. The Morgan fingerprint density at radius 2 is 1.75 bits per heavy atom. The first-order valence-corrected chi connectivity index (χ1v) is 4.94. The molecule has 0 aromatic rings. The van der Waals surface area contributed by atoms with Crippen LogP contribution in [0.3, 0.4) is 0 Å². The van der Waals surface area contributed by atoms with Gasteiger partial charge in [-0.15, -0.1) is 0 Å². The van der Waals surface area contributed by atoms with Crippen molar-refractivity contribution in [3.05, 3.63) is 0 Å². The molecule has 0 amide bonds.